The van der Waals surface area contributed by atoms with Gasteiger partial charge in [0.2, 0.25) is 5.91 Å². The molecule has 1 aliphatic carbocycles. The van der Waals surface area contributed by atoms with Gasteiger partial charge in [-0.25, -0.2) is 0 Å². The Morgan fingerprint density at radius 1 is 1.26 bits per heavy atom. The molecule has 0 saturated heterocycles. The number of carbonyl (C=O) groups excluding carboxylic acids is 1. The molecule has 0 bridgehead atoms. The van der Waals surface area contributed by atoms with E-state index in [-0.39, 0.29) is 12.3 Å². The van der Waals surface area contributed by atoms with Crippen LogP contribution in [0.15, 0.2) is 0 Å². The van der Waals surface area contributed by atoms with Crippen molar-refractivity contribution in [3.05, 3.63) is 0 Å². The summed E-state index contributed by atoms with van der Waals surface area (Å²) in [6.07, 6.45) is 6.70. The number of carbonyl (C=O) groups is 2. The highest BCUT2D eigenvalue weighted by molar-refractivity contribution is 5.78. The average Bonchev–Trinajstić information content (AvgIpc) is 2.85. The van der Waals surface area contributed by atoms with Crippen molar-refractivity contribution < 1.29 is 14.7 Å². The van der Waals surface area contributed by atoms with E-state index in [9.17, 15) is 9.59 Å². The molecule has 0 aliphatic heterocycles. The molecule has 0 heterocycles. The highest BCUT2D eigenvalue weighted by Gasteiger charge is 2.18. The minimum absolute atomic E-state index is 0.0355. The molecule has 0 atom stereocenters. The second kappa shape index (κ2) is 8.91. The first-order valence-corrected chi connectivity index (χ1v) is 7.35. The fourth-order valence-electron chi connectivity index (χ4n) is 2.45. The first kappa shape index (κ1) is 16.0. The predicted molar refractivity (Wildman–Crippen MR) is 74.0 cm³/mol. The molecule has 1 rings (SSSR count). The molecule has 1 aliphatic rings. The van der Waals surface area contributed by atoms with Crippen molar-refractivity contribution in [1.82, 2.24) is 10.2 Å². The average molecular weight is 270 g/mol. The van der Waals surface area contributed by atoms with Crippen molar-refractivity contribution >= 4 is 11.9 Å². The fraction of sp³-hybridized carbons (Fsp3) is 0.857. The lowest BCUT2D eigenvalue weighted by Gasteiger charge is -2.22. The standard InChI is InChI=1S/C14H26N2O3/c1-2-3-9-16(10-8-14(18)19)11-13(17)15-12-6-4-5-7-12/h12H,2-11H2,1H3,(H,15,17)(H,18,19). The van der Waals surface area contributed by atoms with Gasteiger partial charge in [0.15, 0.2) is 0 Å². The van der Waals surface area contributed by atoms with Gasteiger partial charge < -0.3 is 10.4 Å². The summed E-state index contributed by atoms with van der Waals surface area (Å²) >= 11 is 0. The van der Waals surface area contributed by atoms with E-state index in [0.717, 1.165) is 32.2 Å². The minimum Gasteiger partial charge on any atom is -0.481 e. The third-order valence-corrected chi connectivity index (χ3v) is 3.56. The molecule has 1 saturated carbocycles. The monoisotopic (exact) mass is 270 g/mol. The van der Waals surface area contributed by atoms with Gasteiger partial charge in [0.25, 0.3) is 0 Å². The second-order valence-corrected chi connectivity index (χ2v) is 5.32. The molecule has 110 valence electrons. The molecule has 0 radical (unpaired) electrons. The van der Waals surface area contributed by atoms with Crippen LogP contribution in [0.1, 0.15) is 51.9 Å². The molecule has 0 aromatic heterocycles. The SMILES string of the molecule is CCCCN(CCC(=O)O)CC(=O)NC1CCCC1. The Kier molecular flexibility index (Phi) is 7.48. The van der Waals surface area contributed by atoms with Crippen LogP contribution >= 0.6 is 0 Å². The molecule has 0 spiro atoms. The number of nitrogens with one attached hydrogen (secondary N) is 1. The maximum absolute atomic E-state index is 11.9. The number of amides is 1. The van der Waals surface area contributed by atoms with Crippen molar-refractivity contribution in [3.63, 3.8) is 0 Å². The molecule has 0 aromatic rings. The number of rotatable bonds is 9. The minimum atomic E-state index is -0.808. The molecule has 19 heavy (non-hydrogen) atoms. The van der Waals surface area contributed by atoms with Crippen molar-refractivity contribution in [3.8, 4) is 0 Å². The van der Waals surface area contributed by atoms with Crippen LogP contribution in [0.2, 0.25) is 0 Å². The quantitative estimate of drug-likeness (QED) is 0.668. The van der Waals surface area contributed by atoms with Crippen LogP contribution in [0.3, 0.4) is 0 Å². The zero-order chi connectivity index (χ0) is 14.1. The van der Waals surface area contributed by atoms with Gasteiger partial charge in [-0.15, -0.1) is 0 Å². The number of hydrogen-bond acceptors (Lipinski definition) is 3. The van der Waals surface area contributed by atoms with Gasteiger partial charge in [-0.3, -0.25) is 14.5 Å². The van der Waals surface area contributed by atoms with E-state index in [2.05, 4.69) is 12.2 Å². The van der Waals surface area contributed by atoms with E-state index in [4.69, 9.17) is 5.11 Å². The highest BCUT2D eigenvalue weighted by atomic mass is 16.4. The van der Waals surface area contributed by atoms with Crippen LogP contribution in [0.25, 0.3) is 0 Å². The van der Waals surface area contributed by atoms with E-state index < -0.39 is 5.97 Å². The van der Waals surface area contributed by atoms with Crippen LogP contribution in [-0.2, 0) is 9.59 Å². The van der Waals surface area contributed by atoms with E-state index in [1.54, 1.807) is 0 Å². The van der Waals surface area contributed by atoms with Crippen LogP contribution in [0.4, 0.5) is 0 Å². The number of hydrogen-bond donors (Lipinski definition) is 2. The smallest absolute Gasteiger partial charge is 0.304 e. The largest absolute Gasteiger partial charge is 0.481 e. The fourth-order valence-corrected chi connectivity index (χ4v) is 2.45. The molecule has 1 fully saturated rings. The van der Waals surface area contributed by atoms with Crippen molar-refractivity contribution in [2.24, 2.45) is 0 Å². The van der Waals surface area contributed by atoms with Gasteiger partial charge >= 0.3 is 5.97 Å². The maximum atomic E-state index is 11.9. The van der Waals surface area contributed by atoms with Gasteiger partial charge in [0.05, 0.1) is 13.0 Å². The summed E-state index contributed by atoms with van der Waals surface area (Å²) in [6, 6.07) is 0.333. The van der Waals surface area contributed by atoms with Crippen LogP contribution in [-0.4, -0.2) is 47.6 Å². The molecular weight excluding hydrogens is 244 g/mol. The lowest BCUT2D eigenvalue weighted by Crippen LogP contribution is -2.42. The molecule has 0 aromatic carbocycles. The van der Waals surface area contributed by atoms with Gasteiger partial charge in [-0.2, -0.15) is 0 Å². The number of carboxylic acids is 1. The molecule has 5 nitrogen and oxygen atoms in total. The lowest BCUT2D eigenvalue weighted by atomic mass is 10.2. The summed E-state index contributed by atoms with van der Waals surface area (Å²) < 4.78 is 0. The summed E-state index contributed by atoms with van der Waals surface area (Å²) in [5, 5.41) is 11.8. The molecule has 1 amide bonds. The van der Waals surface area contributed by atoms with Crippen molar-refractivity contribution in [1.29, 1.82) is 0 Å². The topological polar surface area (TPSA) is 69.6 Å². The van der Waals surface area contributed by atoms with E-state index >= 15 is 0 Å². The molecule has 5 heteroatoms. The van der Waals surface area contributed by atoms with Crippen LogP contribution in [0.5, 0.6) is 0 Å². The molecular formula is C14H26N2O3. The number of carboxylic acid groups (broad SMARTS) is 1. The summed E-state index contributed by atoms with van der Waals surface area (Å²) in [6.45, 7) is 3.66. The van der Waals surface area contributed by atoms with E-state index in [0.29, 0.717) is 19.1 Å². The van der Waals surface area contributed by atoms with Crippen LogP contribution < -0.4 is 5.32 Å². The third-order valence-electron chi connectivity index (χ3n) is 3.56. The number of nitrogens with zero attached hydrogens (tertiary/aromatic N) is 1. The lowest BCUT2D eigenvalue weighted by molar-refractivity contribution is -0.137. The highest BCUT2D eigenvalue weighted by Crippen LogP contribution is 2.17. The Hall–Kier alpha value is -1.10. The Balaban J connectivity index is 2.31. The summed E-state index contributed by atoms with van der Waals surface area (Å²) in [7, 11) is 0. The zero-order valence-electron chi connectivity index (χ0n) is 11.9. The van der Waals surface area contributed by atoms with Crippen molar-refractivity contribution in [2.75, 3.05) is 19.6 Å². The Labute approximate surface area is 115 Å². The zero-order valence-corrected chi connectivity index (χ0v) is 11.9. The summed E-state index contributed by atoms with van der Waals surface area (Å²) in [5.74, 6) is -0.772. The van der Waals surface area contributed by atoms with Gasteiger partial charge in [-0.05, 0) is 25.8 Å². The molecule has 2 N–H and O–H groups in total. The van der Waals surface area contributed by atoms with Gasteiger partial charge in [0, 0.05) is 12.6 Å². The Bertz CT molecular complexity index is 288. The van der Waals surface area contributed by atoms with Crippen molar-refractivity contribution in [2.45, 2.75) is 57.9 Å². The van der Waals surface area contributed by atoms with Gasteiger partial charge in [-0.1, -0.05) is 26.2 Å². The first-order chi connectivity index (χ1) is 9.11. The Morgan fingerprint density at radius 2 is 1.95 bits per heavy atom. The number of aliphatic carboxylic acids is 1. The predicted octanol–water partition coefficient (Wildman–Crippen LogP) is 1.62. The van der Waals surface area contributed by atoms with Crippen LogP contribution in [0, 0.1) is 0 Å². The van der Waals surface area contributed by atoms with E-state index in [1.165, 1.54) is 12.8 Å². The summed E-state index contributed by atoms with van der Waals surface area (Å²) in [4.78, 5) is 24.5. The van der Waals surface area contributed by atoms with Gasteiger partial charge in [0.1, 0.15) is 0 Å². The molecule has 0 unspecified atom stereocenters. The Morgan fingerprint density at radius 3 is 2.53 bits per heavy atom. The second-order valence-electron chi connectivity index (χ2n) is 5.32. The normalized spacial score (nSPS) is 15.9. The third kappa shape index (κ3) is 7.15. The van der Waals surface area contributed by atoms with E-state index in [1.807, 2.05) is 4.90 Å². The maximum Gasteiger partial charge on any atom is 0.304 e. The first-order valence-electron chi connectivity index (χ1n) is 7.35. The number of unbranched alkanes of at least 4 members (excludes halogenated alkanes) is 1. The summed E-state index contributed by atoms with van der Waals surface area (Å²) in [5.41, 5.74) is 0.